The van der Waals surface area contributed by atoms with Crippen LogP contribution in [0.2, 0.25) is 0 Å². The van der Waals surface area contributed by atoms with Gasteiger partial charge in [-0.05, 0) is 31.0 Å². The second-order valence-electron chi connectivity index (χ2n) is 6.30. The molecule has 3 rings (SSSR count). The molecule has 5 heteroatoms. The summed E-state index contributed by atoms with van der Waals surface area (Å²) in [6.07, 6.45) is 0. The van der Waals surface area contributed by atoms with Crippen molar-refractivity contribution in [1.29, 1.82) is 0 Å². The molecule has 0 saturated carbocycles. The highest BCUT2D eigenvalue weighted by Gasteiger charge is 2.20. The van der Waals surface area contributed by atoms with Crippen molar-refractivity contribution in [2.24, 2.45) is 0 Å². The fraction of sp³-hybridized carbons (Fsp3) is 0.238. The zero-order chi connectivity index (χ0) is 18.7. The number of carbonyl (C=O) groups is 2. The van der Waals surface area contributed by atoms with E-state index in [1.165, 1.54) is 0 Å². The lowest BCUT2D eigenvalue weighted by molar-refractivity contribution is -0.133. The van der Waals surface area contributed by atoms with Gasteiger partial charge in [-0.15, -0.1) is 0 Å². The molecule has 0 radical (unpaired) electrons. The summed E-state index contributed by atoms with van der Waals surface area (Å²) in [7, 11) is 1.69. The second-order valence-corrected chi connectivity index (χ2v) is 6.30. The molecule has 0 atom stereocenters. The van der Waals surface area contributed by atoms with Crippen LogP contribution in [0.5, 0.6) is 0 Å². The van der Waals surface area contributed by atoms with E-state index in [0.29, 0.717) is 17.7 Å². The highest BCUT2D eigenvalue weighted by molar-refractivity contribution is 5.96. The molecular formula is C21H21NO4. The van der Waals surface area contributed by atoms with E-state index in [1.807, 2.05) is 49.4 Å². The number of hydrogen-bond acceptors (Lipinski definition) is 4. The first kappa shape index (κ1) is 17.7. The van der Waals surface area contributed by atoms with Gasteiger partial charge in [-0.1, -0.05) is 42.5 Å². The van der Waals surface area contributed by atoms with Gasteiger partial charge in [-0.25, -0.2) is 4.79 Å². The Labute approximate surface area is 152 Å². The first-order valence-electron chi connectivity index (χ1n) is 8.41. The van der Waals surface area contributed by atoms with E-state index in [1.54, 1.807) is 24.9 Å². The quantitative estimate of drug-likeness (QED) is 0.655. The Bertz CT molecular complexity index is 958. The molecule has 0 unspecified atom stereocenters. The van der Waals surface area contributed by atoms with Crippen LogP contribution < -0.4 is 0 Å². The fourth-order valence-electron chi connectivity index (χ4n) is 2.80. The number of benzene rings is 2. The Morgan fingerprint density at radius 3 is 2.46 bits per heavy atom. The van der Waals surface area contributed by atoms with E-state index in [2.05, 4.69) is 0 Å². The molecule has 1 heterocycles. The van der Waals surface area contributed by atoms with Crippen LogP contribution in [0.4, 0.5) is 0 Å². The van der Waals surface area contributed by atoms with Crippen LogP contribution in [0, 0.1) is 13.8 Å². The standard InChI is InChI=1S/C21H21NO4/c1-14-8-4-5-9-16(14)12-22(3)19(23)13-25-21(24)20-15(2)17-10-6-7-11-18(17)26-20/h4-11H,12-13H2,1-3H3. The molecule has 0 spiro atoms. The molecule has 2 aromatic carbocycles. The maximum Gasteiger partial charge on any atom is 0.375 e. The maximum absolute atomic E-state index is 12.3. The van der Waals surface area contributed by atoms with Gasteiger partial charge in [0, 0.05) is 24.5 Å². The lowest BCUT2D eigenvalue weighted by atomic mass is 10.1. The lowest BCUT2D eigenvalue weighted by Crippen LogP contribution is -2.31. The van der Waals surface area contributed by atoms with E-state index < -0.39 is 5.97 Å². The Morgan fingerprint density at radius 1 is 1.04 bits per heavy atom. The molecule has 0 saturated heterocycles. The van der Waals surface area contributed by atoms with E-state index in [9.17, 15) is 9.59 Å². The average molecular weight is 351 g/mol. The van der Waals surface area contributed by atoms with Crippen molar-refractivity contribution in [3.8, 4) is 0 Å². The van der Waals surface area contributed by atoms with Crippen molar-refractivity contribution in [2.45, 2.75) is 20.4 Å². The van der Waals surface area contributed by atoms with Crippen molar-refractivity contribution in [3.63, 3.8) is 0 Å². The second kappa shape index (κ2) is 7.44. The van der Waals surface area contributed by atoms with E-state index in [4.69, 9.17) is 9.15 Å². The molecule has 134 valence electrons. The van der Waals surface area contributed by atoms with Gasteiger partial charge in [-0.3, -0.25) is 4.79 Å². The number of likely N-dealkylation sites (N-methyl/N-ethyl adjacent to an activating group) is 1. The van der Waals surface area contributed by atoms with Crippen LogP contribution in [0.25, 0.3) is 11.0 Å². The SMILES string of the molecule is Cc1ccccc1CN(C)C(=O)COC(=O)c1oc2ccccc2c1C. The molecule has 5 nitrogen and oxygen atoms in total. The summed E-state index contributed by atoms with van der Waals surface area (Å²) in [6, 6.07) is 15.3. The molecule has 0 N–H and O–H groups in total. The first-order valence-corrected chi connectivity index (χ1v) is 8.41. The molecule has 0 aliphatic carbocycles. The predicted molar refractivity (Wildman–Crippen MR) is 98.9 cm³/mol. The normalized spacial score (nSPS) is 10.7. The molecular weight excluding hydrogens is 330 g/mol. The van der Waals surface area contributed by atoms with Crippen molar-refractivity contribution < 1.29 is 18.7 Å². The monoisotopic (exact) mass is 351 g/mol. The number of aryl methyl sites for hydroxylation is 2. The van der Waals surface area contributed by atoms with Gasteiger partial charge in [0.2, 0.25) is 5.76 Å². The summed E-state index contributed by atoms with van der Waals surface area (Å²) < 4.78 is 10.7. The predicted octanol–water partition coefficient (Wildman–Crippen LogP) is 3.87. The molecule has 0 aliphatic heterocycles. The van der Waals surface area contributed by atoms with Crippen LogP contribution in [-0.2, 0) is 16.1 Å². The summed E-state index contributed by atoms with van der Waals surface area (Å²) in [5.74, 6) is -0.757. The van der Waals surface area contributed by atoms with Gasteiger partial charge in [0.1, 0.15) is 5.58 Å². The summed E-state index contributed by atoms with van der Waals surface area (Å²) >= 11 is 0. The van der Waals surface area contributed by atoms with Crippen LogP contribution in [-0.4, -0.2) is 30.4 Å². The van der Waals surface area contributed by atoms with Crippen LogP contribution in [0.15, 0.2) is 52.9 Å². The average Bonchev–Trinajstić information content (AvgIpc) is 2.98. The van der Waals surface area contributed by atoms with Gasteiger partial charge in [0.05, 0.1) is 0 Å². The Morgan fingerprint density at radius 2 is 1.73 bits per heavy atom. The van der Waals surface area contributed by atoms with E-state index >= 15 is 0 Å². The van der Waals surface area contributed by atoms with Crippen molar-refractivity contribution in [3.05, 3.63) is 71.0 Å². The Kier molecular flexibility index (Phi) is 5.07. The number of fused-ring (bicyclic) bond motifs is 1. The van der Waals surface area contributed by atoms with E-state index in [-0.39, 0.29) is 18.3 Å². The molecule has 1 amide bonds. The first-order chi connectivity index (χ1) is 12.5. The number of rotatable bonds is 5. The molecule has 1 aromatic heterocycles. The third kappa shape index (κ3) is 3.61. The third-order valence-electron chi connectivity index (χ3n) is 4.45. The number of ether oxygens (including phenoxy) is 1. The summed E-state index contributed by atoms with van der Waals surface area (Å²) in [4.78, 5) is 26.1. The minimum absolute atomic E-state index is 0.139. The number of hydrogen-bond donors (Lipinski definition) is 0. The molecule has 0 fully saturated rings. The van der Waals surface area contributed by atoms with Crippen molar-refractivity contribution in [2.75, 3.05) is 13.7 Å². The number of carbonyl (C=O) groups excluding carboxylic acids is 2. The number of furan rings is 1. The Balaban J connectivity index is 1.62. The zero-order valence-corrected chi connectivity index (χ0v) is 15.1. The topological polar surface area (TPSA) is 59.8 Å². The third-order valence-corrected chi connectivity index (χ3v) is 4.45. The van der Waals surface area contributed by atoms with Crippen molar-refractivity contribution in [1.82, 2.24) is 4.90 Å². The number of esters is 1. The molecule has 0 bridgehead atoms. The van der Waals surface area contributed by atoms with Crippen LogP contribution >= 0.6 is 0 Å². The molecule has 3 aromatic rings. The smallest absolute Gasteiger partial charge is 0.375 e. The van der Waals surface area contributed by atoms with Gasteiger partial charge < -0.3 is 14.1 Å². The zero-order valence-electron chi connectivity index (χ0n) is 15.1. The summed E-state index contributed by atoms with van der Waals surface area (Å²) in [6.45, 7) is 3.94. The van der Waals surface area contributed by atoms with Gasteiger partial charge in [0.25, 0.3) is 5.91 Å². The Hall–Kier alpha value is -3.08. The fourth-order valence-corrected chi connectivity index (χ4v) is 2.80. The minimum Gasteiger partial charge on any atom is -0.450 e. The lowest BCUT2D eigenvalue weighted by Gasteiger charge is -2.18. The number of amides is 1. The van der Waals surface area contributed by atoms with Crippen molar-refractivity contribution >= 4 is 22.8 Å². The number of nitrogens with zero attached hydrogens (tertiary/aromatic N) is 1. The molecule has 26 heavy (non-hydrogen) atoms. The van der Waals surface area contributed by atoms with Gasteiger partial charge >= 0.3 is 5.97 Å². The van der Waals surface area contributed by atoms with Gasteiger partial charge in [-0.2, -0.15) is 0 Å². The highest BCUT2D eigenvalue weighted by Crippen LogP contribution is 2.25. The van der Waals surface area contributed by atoms with E-state index in [0.717, 1.165) is 16.5 Å². The largest absolute Gasteiger partial charge is 0.450 e. The summed E-state index contributed by atoms with van der Waals surface area (Å²) in [5.41, 5.74) is 3.51. The van der Waals surface area contributed by atoms with Crippen LogP contribution in [0.3, 0.4) is 0 Å². The minimum atomic E-state index is -0.628. The van der Waals surface area contributed by atoms with Gasteiger partial charge in [0.15, 0.2) is 6.61 Å². The molecule has 0 aliphatic rings. The number of para-hydroxylation sites is 1. The summed E-state index contributed by atoms with van der Waals surface area (Å²) in [5, 5.41) is 0.863. The van der Waals surface area contributed by atoms with Crippen LogP contribution in [0.1, 0.15) is 27.2 Å². The maximum atomic E-state index is 12.3. The highest BCUT2D eigenvalue weighted by atomic mass is 16.5.